The van der Waals surface area contributed by atoms with Crippen molar-refractivity contribution in [1.29, 1.82) is 0 Å². The van der Waals surface area contributed by atoms with Crippen LogP contribution in [0.2, 0.25) is 0 Å². The number of carboxylic acid groups (broad SMARTS) is 1. The summed E-state index contributed by atoms with van der Waals surface area (Å²) >= 11 is 0. The summed E-state index contributed by atoms with van der Waals surface area (Å²) in [6.07, 6.45) is 0.426. The van der Waals surface area contributed by atoms with Crippen LogP contribution in [-0.4, -0.2) is 27.9 Å². The van der Waals surface area contributed by atoms with Crippen LogP contribution in [-0.2, 0) is 14.3 Å². The largest absolute Gasteiger partial charge is 0.476 e. The molecule has 0 aromatic heterocycles. The third-order valence-corrected chi connectivity index (χ3v) is 2.30. The Kier molecular flexibility index (Phi) is 2.80. The predicted octanol–water partition coefficient (Wildman–Crippen LogP) is 0.369. The molecule has 5 heteroatoms. The van der Waals surface area contributed by atoms with Gasteiger partial charge in [0.05, 0.1) is 6.42 Å². The average molecular weight is 202 g/mol. The van der Waals surface area contributed by atoms with Gasteiger partial charge in [0.1, 0.15) is 0 Å². The molecule has 0 aromatic carbocycles. The van der Waals surface area contributed by atoms with Gasteiger partial charge in [-0.15, -0.1) is 0 Å². The van der Waals surface area contributed by atoms with Crippen LogP contribution < -0.4 is 0 Å². The second kappa shape index (κ2) is 3.57. The zero-order chi connectivity index (χ0) is 10.9. The number of hydrogen-bond acceptors (Lipinski definition) is 4. The molecule has 0 aromatic rings. The topological polar surface area (TPSA) is 83.8 Å². The van der Waals surface area contributed by atoms with E-state index in [1.807, 2.05) is 13.8 Å². The quantitative estimate of drug-likeness (QED) is 0.646. The average Bonchev–Trinajstić information content (AvgIpc) is 2.26. The fraction of sp³-hybridized carbons (Fsp3) is 0.778. The molecule has 0 amide bonds. The minimum absolute atomic E-state index is 0.0268. The summed E-state index contributed by atoms with van der Waals surface area (Å²) in [6.45, 7) is 3.79. The number of aliphatic carboxylic acids is 1. The normalized spacial score (nSPS) is 32.0. The molecule has 0 spiro atoms. The lowest BCUT2D eigenvalue weighted by atomic mass is 9.89. The summed E-state index contributed by atoms with van der Waals surface area (Å²) in [4.78, 5) is 21.6. The molecule has 80 valence electrons. The highest BCUT2D eigenvalue weighted by atomic mass is 16.7. The minimum Gasteiger partial charge on any atom is -0.476 e. The summed E-state index contributed by atoms with van der Waals surface area (Å²) in [5.41, 5.74) is 0. The maximum absolute atomic E-state index is 10.9. The molecule has 0 bridgehead atoms. The molecule has 1 heterocycles. The Labute approximate surface area is 81.7 Å². The summed E-state index contributed by atoms with van der Waals surface area (Å²) < 4.78 is 4.44. The Morgan fingerprint density at radius 3 is 2.71 bits per heavy atom. The van der Waals surface area contributed by atoms with Crippen molar-refractivity contribution in [3.05, 3.63) is 0 Å². The van der Waals surface area contributed by atoms with E-state index in [-0.39, 0.29) is 12.3 Å². The number of carbonyl (C=O) groups excluding carboxylic acids is 1. The number of carbonyl (C=O) groups is 2. The van der Waals surface area contributed by atoms with Crippen molar-refractivity contribution in [3.63, 3.8) is 0 Å². The van der Waals surface area contributed by atoms with Crippen LogP contribution in [0.5, 0.6) is 0 Å². The van der Waals surface area contributed by atoms with E-state index in [1.54, 1.807) is 0 Å². The molecule has 0 aliphatic carbocycles. The number of carboxylic acids is 1. The van der Waals surface area contributed by atoms with Crippen molar-refractivity contribution in [1.82, 2.24) is 0 Å². The van der Waals surface area contributed by atoms with Gasteiger partial charge in [-0.3, -0.25) is 4.79 Å². The van der Waals surface area contributed by atoms with Gasteiger partial charge in [-0.2, -0.15) is 0 Å². The second-order valence-electron chi connectivity index (χ2n) is 4.01. The lowest BCUT2D eigenvalue weighted by molar-refractivity contribution is -0.220. The Morgan fingerprint density at radius 2 is 2.29 bits per heavy atom. The first-order valence-corrected chi connectivity index (χ1v) is 4.54. The molecule has 2 N–H and O–H groups in total. The van der Waals surface area contributed by atoms with Crippen LogP contribution in [0.15, 0.2) is 0 Å². The standard InChI is InChI=1S/C9H14O5/c1-5(2)3-6-4-7(10)14-9(6,13)8(11)12/h5-6,13H,3-4H2,1-2H3,(H,11,12). The van der Waals surface area contributed by atoms with Gasteiger partial charge in [0, 0.05) is 5.92 Å². The zero-order valence-corrected chi connectivity index (χ0v) is 8.19. The monoisotopic (exact) mass is 202 g/mol. The number of cyclic esters (lactones) is 1. The molecule has 1 rings (SSSR count). The van der Waals surface area contributed by atoms with Crippen LogP contribution in [0, 0.1) is 11.8 Å². The van der Waals surface area contributed by atoms with Crippen LogP contribution >= 0.6 is 0 Å². The number of ether oxygens (including phenoxy) is 1. The van der Waals surface area contributed by atoms with E-state index < -0.39 is 23.6 Å². The highest BCUT2D eigenvalue weighted by Gasteiger charge is 2.54. The fourth-order valence-corrected chi connectivity index (χ4v) is 1.67. The highest BCUT2D eigenvalue weighted by Crippen LogP contribution is 2.35. The van der Waals surface area contributed by atoms with Gasteiger partial charge >= 0.3 is 17.7 Å². The molecular weight excluding hydrogens is 188 g/mol. The third kappa shape index (κ3) is 1.87. The molecule has 5 nitrogen and oxygen atoms in total. The summed E-state index contributed by atoms with van der Waals surface area (Å²) in [6, 6.07) is 0. The lowest BCUT2D eigenvalue weighted by Crippen LogP contribution is -2.44. The molecule has 0 saturated carbocycles. The van der Waals surface area contributed by atoms with E-state index in [2.05, 4.69) is 4.74 Å². The van der Waals surface area contributed by atoms with Crippen LogP contribution in [0.4, 0.5) is 0 Å². The van der Waals surface area contributed by atoms with E-state index in [9.17, 15) is 14.7 Å². The van der Waals surface area contributed by atoms with Gasteiger partial charge < -0.3 is 14.9 Å². The summed E-state index contributed by atoms with van der Waals surface area (Å²) in [5, 5.41) is 18.4. The van der Waals surface area contributed by atoms with Gasteiger partial charge in [-0.1, -0.05) is 13.8 Å². The molecule has 14 heavy (non-hydrogen) atoms. The van der Waals surface area contributed by atoms with Crippen LogP contribution in [0.1, 0.15) is 26.7 Å². The Balaban J connectivity index is 2.82. The van der Waals surface area contributed by atoms with Crippen molar-refractivity contribution in [2.75, 3.05) is 0 Å². The molecule has 0 radical (unpaired) electrons. The van der Waals surface area contributed by atoms with E-state index in [0.29, 0.717) is 6.42 Å². The van der Waals surface area contributed by atoms with Crippen molar-refractivity contribution in [3.8, 4) is 0 Å². The molecule has 2 atom stereocenters. The Hall–Kier alpha value is -1.10. The summed E-state index contributed by atoms with van der Waals surface area (Å²) in [5.74, 6) is -4.90. The van der Waals surface area contributed by atoms with E-state index >= 15 is 0 Å². The third-order valence-electron chi connectivity index (χ3n) is 2.30. The SMILES string of the molecule is CC(C)CC1CC(=O)OC1(O)C(=O)O. The molecule has 1 aliphatic rings. The highest BCUT2D eigenvalue weighted by molar-refractivity contribution is 5.84. The Morgan fingerprint density at radius 1 is 1.71 bits per heavy atom. The first-order valence-electron chi connectivity index (χ1n) is 4.54. The summed E-state index contributed by atoms with van der Waals surface area (Å²) in [7, 11) is 0. The predicted molar refractivity (Wildman–Crippen MR) is 46.2 cm³/mol. The first kappa shape index (κ1) is 11.0. The van der Waals surface area contributed by atoms with Crippen molar-refractivity contribution < 1.29 is 24.5 Å². The van der Waals surface area contributed by atoms with E-state index in [1.165, 1.54) is 0 Å². The molecular formula is C9H14O5. The molecule has 1 aliphatic heterocycles. The molecule has 1 saturated heterocycles. The zero-order valence-electron chi connectivity index (χ0n) is 8.19. The first-order chi connectivity index (χ1) is 6.36. The van der Waals surface area contributed by atoms with Crippen molar-refractivity contribution in [2.45, 2.75) is 32.5 Å². The van der Waals surface area contributed by atoms with Gasteiger partial charge in [-0.25, -0.2) is 4.79 Å². The van der Waals surface area contributed by atoms with E-state index in [4.69, 9.17) is 5.11 Å². The number of hydrogen-bond donors (Lipinski definition) is 2. The maximum atomic E-state index is 10.9. The number of rotatable bonds is 3. The van der Waals surface area contributed by atoms with Crippen molar-refractivity contribution >= 4 is 11.9 Å². The van der Waals surface area contributed by atoms with Crippen LogP contribution in [0.3, 0.4) is 0 Å². The Bertz CT molecular complexity index is 260. The van der Waals surface area contributed by atoms with Gasteiger partial charge in [0.15, 0.2) is 0 Å². The second-order valence-corrected chi connectivity index (χ2v) is 4.01. The minimum atomic E-state index is -2.32. The molecule has 1 fully saturated rings. The van der Waals surface area contributed by atoms with Gasteiger partial charge in [0.2, 0.25) is 0 Å². The van der Waals surface area contributed by atoms with Crippen molar-refractivity contribution in [2.24, 2.45) is 11.8 Å². The molecule has 2 unspecified atom stereocenters. The maximum Gasteiger partial charge on any atom is 0.377 e. The smallest absolute Gasteiger partial charge is 0.377 e. The van der Waals surface area contributed by atoms with Gasteiger partial charge in [0.25, 0.3) is 0 Å². The van der Waals surface area contributed by atoms with E-state index in [0.717, 1.165) is 0 Å². The lowest BCUT2D eigenvalue weighted by Gasteiger charge is -2.23. The number of esters is 1. The number of aliphatic hydroxyl groups is 1. The fourth-order valence-electron chi connectivity index (χ4n) is 1.67. The van der Waals surface area contributed by atoms with Crippen LogP contribution in [0.25, 0.3) is 0 Å². The van der Waals surface area contributed by atoms with Gasteiger partial charge in [-0.05, 0) is 12.3 Å².